The van der Waals surface area contributed by atoms with Crippen molar-refractivity contribution in [1.82, 2.24) is 4.90 Å². The lowest BCUT2D eigenvalue weighted by atomic mass is 9.99. The van der Waals surface area contributed by atoms with Gasteiger partial charge in [0.15, 0.2) is 0 Å². The number of amides is 1. The van der Waals surface area contributed by atoms with E-state index in [0.29, 0.717) is 19.3 Å². The highest BCUT2D eigenvalue weighted by molar-refractivity contribution is 5.77. The van der Waals surface area contributed by atoms with E-state index >= 15 is 0 Å². The normalized spacial score (nSPS) is 18.4. The molecule has 1 aromatic rings. The fourth-order valence-electron chi connectivity index (χ4n) is 3.62. The Balaban J connectivity index is 1.77. The lowest BCUT2D eigenvalue weighted by Crippen LogP contribution is -2.43. The largest absolute Gasteiger partial charge is 0.469 e. The van der Waals surface area contributed by atoms with Crippen molar-refractivity contribution in [1.29, 1.82) is 0 Å². The van der Waals surface area contributed by atoms with Crippen LogP contribution in [-0.2, 0) is 20.7 Å². The molecule has 1 N–H and O–H groups in total. The molecule has 154 valence electrons. The van der Waals surface area contributed by atoms with E-state index in [9.17, 15) is 14.7 Å². The SMILES string of the molecule is COC(=O)CCCCCCN1C(=O)CCCC1/C=C/[C@H](O)Cc1ccccc1. The minimum atomic E-state index is -0.542. The van der Waals surface area contributed by atoms with Gasteiger partial charge in [0.1, 0.15) is 0 Å². The number of aliphatic hydroxyl groups is 1. The summed E-state index contributed by atoms with van der Waals surface area (Å²) >= 11 is 0. The lowest BCUT2D eigenvalue weighted by Gasteiger charge is -2.34. The van der Waals surface area contributed by atoms with Crippen LogP contribution in [0.5, 0.6) is 0 Å². The summed E-state index contributed by atoms with van der Waals surface area (Å²) in [6, 6.07) is 9.99. The number of nitrogens with zero attached hydrogens (tertiary/aromatic N) is 1. The third-order valence-electron chi connectivity index (χ3n) is 5.21. The second-order valence-corrected chi connectivity index (χ2v) is 7.43. The summed E-state index contributed by atoms with van der Waals surface area (Å²) in [6.07, 6.45) is 10.5. The number of unbranched alkanes of at least 4 members (excludes halogenated alkanes) is 3. The molecule has 1 aliphatic rings. The third-order valence-corrected chi connectivity index (χ3v) is 5.21. The molecule has 1 aromatic carbocycles. The highest BCUT2D eigenvalue weighted by Gasteiger charge is 2.25. The molecule has 2 atom stereocenters. The minimum Gasteiger partial charge on any atom is -0.469 e. The average Bonchev–Trinajstić information content (AvgIpc) is 2.70. The maximum absolute atomic E-state index is 12.4. The van der Waals surface area contributed by atoms with E-state index in [2.05, 4.69) is 4.74 Å². The topological polar surface area (TPSA) is 66.8 Å². The van der Waals surface area contributed by atoms with Crippen LogP contribution in [0.3, 0.4) is 0 Å². The van der Waals surface area contributed by atoms with Gasteiger partial charge in [-0.1, -0.05) is 55.3 Å². The molecule has 5 nitrogen and oxygen atoms in total. The van der Waals surface area contributed by atoms with Gasteiger partial charge in [-0.05, 0) is 31.2 Å². The molecule has 5 heteroatoms. The summed E-state index contributed by atoms with van der Waals surface area (Å²) in [5.41, 5.74) is 1.10. The first-order valence-corrected chi connectivity index (χ1v) is 10.4. The number of methoxy groups -OCH3 is 1. The Morgan fingerprint density at radius 1 is 1.25 bits per heavy atom. The Bertz CT molecular complexity index is 629. The summed E-state index contributed by atoms with van der Waals surface area (Å²) in [5.74, 6) is 0.0403. The van der Waals surface area contributed by atoms with Gasteiger partial charge >= 0.3 is 5.97 Å². The maximum Gasteiger partial charge on any atom is 0.305 e. The summed E-state index contributed by atoms with van der Waals surface area (Å²) in [4.78, 5) is 25.4. The molecule has 0 bridgehead atoms. The number of ether oxygens (including phenoxy) is 1. The Morgan fingerprint density at radius 3 is 2.75 bits per heavy atom. The second kappa shape index (κ2) is 12.3. The Labute approximate surface area is 168 Å². The van der Waals surface area contributed by atoms with Crippen molar-refractivity contribution in [3.05, 3.63) is 48.0 Å². The van der Waals surface area contributed by atoms with E-state index in [1.165, 1.54) is 7.11 Å². The van der Waals surface area contributed by atoms with Crippen LogP contribution in [0.1, 0.15) is 56.9 Å². The van der Waals surface area contributed by atoms with E-state index in [4.69, 9.17) is 0 Å². The number of hydrogen-bond acceptors (Lipinski definition) is 4. The van der Waals surface area contributed by atoms with Gasteiger partial charge in [-0.15, -0.1) is 0 Å². The number of aliphatic hydroxyl groups excluding tert-OH is 1. The molecule has 0 saturated carbocycles. The Kier molecular flexibility index (Phi) is 9.77. The fourth-order valence-corrected chi connectivity index (χ4v) is 3.62. The zero-order valence-electron chi connectivity index (χ0n) is 16.9. The van der Waals surface area contributed by atoms with Gasteiger partial charge < -0.3 is 14.7 Å². The van der Waals surface area contributed by atoms with Crippen molar-refractivity contribution in [3.8, 4) is 0 Å². The third kappa shape index (κ3) is 7.85. The van der Waals surface area contributed by atoms with Crippen LogP contribution in [0.4, 0.5) is 0 Å². The van der Waals surface area contributed by atoms with Crippen LogP contribution >= 0.6 is 0 Å². The van der Waals surface area contributed by atoms with E-state index in [1.807, 2.05) is 47.4 Å². The first-order valence-electron chi connectivity index (χ1n) is 10.4. The first-order chi connectivity index (χ1) is 13.6. The first kappa shape index (κ1) is 22.2. The van der Waals surface area contributed by atoms with E-state index < -0.39 is 6.10 Å². The predicted octanol–water partition coefficient (Wildman–Crippen LogP) is 3.65. The van der Waals surface area contributed by atoms with Crippen molar-refractivity contribution < 1.29 is 19.4 Å². The van der Waals surface area contributed by atoms with Gasteiger partial charge in [0, 0.05) is 25.8 Å². The maximum atomic E-state index is 12.4. The number of piperidine rings is 1. The molecule has 1 saturated heterocycles. The van der Waals surface area contributed by atoms with Crippen LogP contribution in [0.15, 0.2) is 42.5 Å². The molecule has 0 radical (unpaired) electrons. The van der Waals surface area contributed by atoms with Crippen molar-refractivity contribution in [2.75, 3.05) is 13.7 Å². The summed E-state index contributed by atoms with van der Waals surface area (Å²) in [6.45, 7) is 0.737. The number of rotatable bonds is 11. The molecule has 0 aromatic heterocycles. The lowest BCUT2D eigenvalue weighted by molar-refractivity contribution is -0.140. The van der Waals surface area contributed by atoms with Crippen LogP contribution in [0, 0.1) is 0 Å². The van der Waals surface area contributed by atoms with Crippen LogP contribution in [0.25, 0.3) is 0 Å². The van der Waals surface area contributed by atoms with E-state index in [1.54, 1.807) is 0 Å². The molecule has 0 spiro atoms. The van der Waals surface area contributed by atoms with Gasteiger partial charge in [0.2, 0.25) is 5.91 Å². The van der Waals surface area contributed by atoms with Gasteiger partial charge in [-0.25, -0.2) is 0 Å². The van der Waals surface area contributed by atoms with Crippen LogP contribution in [-0.4, -0.2) is 47.7 Å². The molecule has 2 rings (SSSR count). The predicted molar refractivity (Wildman–Crippen MR) is 110 cm³/mol. The second-order valence-electron chi connectivity index (χ2n) is 7.43. The summed E-state index contributed by atoms with van der Waals surface area (Å²) in [7, 11) is 1.41. The standard InChI is InChI=1S/C23H33NO4/c1-28-23(27)14-7-2-3-8-17-24-20(12-9-13-22(24)26)15-16-21(25)18-19-10-5-4-6-11-19/h4-6,10-11,15-16,20-21,25H,2-3,7-9,12-14,17-18H2,1H3/b16-15+/t20?,21-/m0/s1. The molecule has 1 amide bonds. The Hall–Kier alpha value is -2.14. The van der Waals surface area contributed by atoms with Gasteiger partial charge in [0.05, 0.1) is 19.3 Å². The molecular weight excluding hydrogens is 354 g/mol. The number of carbonyl (C=O) groups is 2. The number of carbonyl (C=O) groups excluding carboxylic acids is 2. The van der Waals surface area contributed by atoms with Crippen molar-refractivity contribution >= 4 is 11.9 Å². The Morgan fingerprint density at radius 2 is 2.00 bits per heavy atom. The summed E-state index contributed by atoms with van der Waals surface area (Å²) in [5, 5.41) is 10.3. The molecular formula is C23H33NO4. The van der Waals surface area contributed by atoms with Crippen molar-refractivity contribution in [3.63, 3.8) is 0 Å². The number of hydrogen-bond donors (Lipinski definition) is 1. The quantitative estimate of drug-likeness (QED) is 0.358. The zero-order valence-corrected chi connectivity index (χ0v) is 16.9. The van der Waals surface area contributed by atoms with Crippen molar-refractivity contribution in [2.45, 2.75) is 69.9 Å². The number of esters is 1. The highest BCUT2D eigenvalue weighted by Crippen LogP contribution is 2.21. The number of benzene rings is 1. The fraction of sp³-hybridized carbons (Fsp3) is 0.565. The van der Waals surface area contributed by atoms with Crippen LogP contribution < -0.4 is 0 Å². The smallest absolute Gasteiger partial charge is 0.305 e. The van der Waals surface area contributed by atoms with E-state index in [-0.39, 0.29) is 17.9 Å². The average molecular weight is 388 g/mol. The van der Waals surface area contributed by atoms with Gasteiger partial charge in [0.25, 0.3) is 0 Å². The zero-order chi connectivity index (χ0) is 20.2. The molecule has 28 heavy (non-hydrogen) atoms. The molecule has 1 unspecified atom stereocenters. The highest BCUT2D eigenvalue weighted by atomic mass is 16.5. The number of likely N-dealkylation sites (tertiary alicyclic amines) is 1. The van der Waals surface area contributed by atoms with Crippen molar-refractivity contribution in [2.24, 2.45) is 0 Å². The monoisotopic (exact) mass is 387 g/mol. The molecule has 1 aliphatic heterocycles. The van der Waals surface area contributed by atoms with Gasteiger partial charge in [-0.3, -0.25) is 9.59 Å². The minimum absolute atomic E-state index is 0.0711. The molecule has 0 aliphatic carbocycles. The van der Waals surface area contributed by atoms with Crippen LogP contribution in [0.2, 0.25) is 0 Å². The summed E-state index contributed by atoms with van der Waals surface area (Å²) < 4.78 is 4.64. The molecule has 1 heterocycles. The molecule has 1 fully saturated rings. The van der Waals surface area contributed by atoms with Gasteiger partial charge in [-0.2, -0.15) is 0 Å². The van der Waals surface area contributed by atoms with E-state index in [0.717, 1.165) is 50.6 Å².